The molecule has 0 heterocycles. The minimum Gasteiger partial charge on any atom is -0.0651 e. The van der Waals surface area contributed by atoms with Crippen molar-refractivity contribution in [3.05, 3.63) is 35.4 Å². The molecule has 0 amide bonds. The molecule has 0 unspecified atom stereocenters. The first-order valence-corrected chi connectivity index (χ1v) is 8.09. The minimum absolute atomic E-state index is 0.495. The van der Waals surface area contributed by atoms with Gasteiger partial charge in [-0.3, -0.25) is 0 Å². The van der Waals surface area contributed by atoms with Crippen molar-refractivity contribution in [3.8, 4) is 0 Å². The summed E-state index contributed by atoms with van der Waals surface area (Å²) in [6.07, 6.45) is 8.07. The van der Waals surface area contributed by atoms with E-state index in [-0.39, 0.29) is 0 Å². The molecule has 19 heavy (non-hydrogen) atoms. The van der Waals surface area contributed by atoms with Crippen molar-refractivity contribution in [2.24, 2.45) is 11.3 Å². The molecule has 2 rings (SSSR count). The zero-order valence-corrected chi connectivity index (χ0v) is 13.2. The molecule has 0 nitrogen and oxygen atoms in total. The Morgan fingerprint density at radius 2 is 1.74 bits per heavy atom. The van der Waals surface area contributed by atoms with Crippen LogP contribution in [0.15, 0.2) is 24.3 Å². The van der Waals surface area contributed by atoms with E-state index in [0.717, 1.165) is 11.8 Å². The van der Waals surface area contributed by atoms with Crippen molar-refractivity contribution in [2.45, 2.75) is 72.1 Å². The van der Waals surface area contributed by atoms with E-state index in [4.69, 9.17) is 0 Å². The molecule has 106 valence electrons. The van der Waals surface area contributed by atoms with Crippen LogP contribution in [0.25, 0.3) is 0 Å². The molecule has 1 saturated carbocycles. The highest BCUT2D eigenvalue weighted by molar-refractivity contribution is 5.27. The maximum atomic E-state index is 2.46. The summed E-state index contributed by atoms with van der Waals surface area (Å²) in [4.78, 5) is 0. The summed E-state index contributed by atoms with van der Waals surface area (Å²) in [5.41, 5.74) is 3.62. The molecule has 0 bridgehead atoms. The summed E-state index contributed by atoms with van der Waals surface area (Å²) in [5, 5.41) is 0. The Labute approximate surface area is 119 Å². The monoisotopic (exact) mass is 258 g/mol. The fraction of sp³-hybridized carbons (Fsp3) is 0.684. The molecule has 1 aromatic rings. The molecule has 0 aromatic heterocycles. The highest BCUT2D eigenvalue weighted by atomic mass is 14.3. The van der Waals surface area contributed by atoms with Crippen LogP contribution in [0.1, 0.15) is 76.8 Å². The SMILES string of the molecule is CCCc1cccc(C2CCC(C(C)(C)C)CC2)c1. The molecule has 0 aliphatic heterocycles. The molecule has 1 aliphatic carbocycles. The van der Waals surface area contributed by atoms with E-state index >= 15 is 0 Å². The lowest BCUT2D eigenvalue weighted by atomic mass is 9.68. The molecule has 1 aliphatic rings. The second kappa shape index (κ2) is 6.11. The highest BCUT2D eigenvalue weighted by Crippen LogP contribution is 2.43. The molecule has 1 fully saturated rings. The standard InChI is InChI=1S/C19H30/c1-5-7-15-8-6-9-17(14-15)16-10-12-18(13-11-16)19(2,3)4/h6,8-9,14,16,18H,5,7,10-13H2,1-4H3. The number of rotatable bonds is 3. The maximum absolute atomic E-state index is 2.46. The Kier molecular flexibility index (Phi) is 4.71. The Morgan fingerprint density at radius 1 is 1.05 bits per heavy atom. The zero-order chi connectivity index (χ0) is 13.9. The van der Waals surface area contributed by atoms with E-state index in [1.807, 2.05) is 0 Å². The fourth-order valence-electron chi connectivity index (χ4n) is 3.58. The van der Waals surface area contributed by atoms with E-state index in [1.54, 1.807) is 5.56 Å². The molecule has 0 heteroatoms. The summed E-state index contributed by atoms with van der Waals surface area (Å²) in [5.74, 6) is 1.73. The Balaban J connectivity index is 1.99. The molecule has 0 saturated heterocycles. The van der Waals surface area contributed by atoms with Crippen LogP contribution >= 0.6 is 0 Å². The van der Waals surface area contributed by atoms with Gasteiger partial charge in [0.2, 0.25) is 0 Å². The van der Waals surface area contributed by atoms with Crippen molar-refractivity contribution in [3.63, 3.8) is 0 Å². The summed E-state index contributed by atoms with van der Waals surface area (Å²) in [6.45, 7) is 9.47. The van der Waals surface area contributed by atoms with Crippen molar-refractivity contribution in [1.82, 2.24) is 0 Å². The third kappa shape index (κ3) is 3.84. The first kappa shape index (κ1) is 14.6. The van der Waals surface area contributed by atoms with E-state index in [0.29, 0.717) is 5.41 Å². The summed E-state index contributed by atoms with van der Waals surface area (Å²) in [7, 11) is 0. The number of benzene rings is 1. The van der Waals surface area contributed by atoms with Gasteiger partial charge in [-0.25, -0.2) is 0 Å². The van der Waals surface area contributed by atoms with Gasteiger partial charge in [-0.2, -0.15) is 0 Å². The van der Waals surface area contributed by atoms with Crippen LogP contribution in [0, 0.1) is 11.3 Å². The molecular weight excluding hydrogens is 228 g/mol. The van der Waals surface area contributed by atoms with Crippen LogP contribution in [0.3, 0.4) is 0 Å². The third-order valence-corrected chi connectivity index (χ3v) is 4.91. The average molecular weight is 258 g/mol. The van der Waals surface area contributed by atoms with Gasteiger partial charge in [0.15, 0.2) is 0 Å². The quantitative estimate of drug-likeness (QED) is 0.627. The lowest BCUT2D eigenvalue weighted by Crippen LogP contribution is -2.25. The molecule has 1 aromatic carbocycles. The first-order valence-electron chi connectivity index (χ1n) is 8.09. The predicted octanol–water partition coefficient (Wildman–Crippen LogP) is 5.96. The van der Waals surface area contributed by atoms with Gasteiger partial charge in [0.05, 0.1) is 0 Å². The molecule has 0 atom stereocenters. The van der Waals surface area contributed by atoms with Crippen LogP contribution in [0.4, 0.5) is 0 Å². The van der Waals surface area contributed by atoms with Crippen LogP contribution in [0.5, 0.6) is 0 Å². The third-order valence-electron chi connectivity index (χ3n) is 4.91. The average Bonchev–Trinajstić information content (AvgIpc) is 2.39. The minimum atomic E-state index is 0.495. The lowest BCUT2D eigenvalue weighted by molar-refractivity contribution is 0.169. The molecular formula is C19H30. The topological polar surface area (TPSA) is 0 Å². The van der Waals surface area contributed by atoms with Crippen molar-refractivity contribution in [1.29, 1.82) is 0 Å². The summed E-state index contributed by atoms with van der Waals surface area (Å²) < 4.78 is 0. The maximum Gasteiger partial charge on any atom is -0.0162 e. The summed E-state index contributed by atoms with van der Waals surface area (Å²) in [6, 6.07) is 9.36. The zero-order valence-electron chi connectivity index (χ0n) is 13.2. The molecule has 0 N–H and O–H groups in total. The van der Waals surface area contributed by atoms with Gasteiger partial charge in [0.25, 0.3) is 0 Å². The van der Waals surface area contributed by atoms with E-state index in [2.05, 4.69) is 52.0 Å². The van der Waals surface area contributed by atoms with Gasteiger partial charge < -0.3 is 0 Å². The fourth-order valence-corrected chi connectivity index (χ4v) is 3.58. The lowest BCUT2D eigenvalue weighted by Gasteiger charge is -2.37. The molecule has 0 radical (unpaired) electrons. The Hall–Kier alpha value is -0.780. The van der Waals surface area contributed by atoms with Crippen LogP contribution in [-0.4, -0.2) is 0 Å². The number of hydrogen-bond donors (Lipinski definition) is 0. The van der Waals surface area contributed by atoms with Crippen molar-refractivity contribution in [2.75, 3.05) is 0 Å². The van der Waals surface area contributed by atoms with E-state index in [1.165, 1.54) is 44.1 Å². The van der Waals surface area contributed by atoms with Gasteiger partial charge in [-0.05, 0) is 60.5 Å². The van der Waals surface area contributed by atoms with Gasteiger partial charge in [-0.15, -0.1) is 0 Å². The van der Waals surface area contributed by atoms with Crippen LogP contribution in [-0.2, 0) is 6.42 Å². The normalized spacial score (nSPS) is 24.4. The van der Waals surface area contributed by atoms with E-state index < -0.39 is 0 Å². The second-order valence-electron chi connectivity index (χ2n) is 7.41. The number of hydrogen-bond acceptors (Lipinski definition) is 0. The van der Waals surface area contributed by atoms with Gasteiger partial charge in [0.1, 0.15) is 0 Å². The Morgan fingerprint density at radius 3 is 2.32 bits per heavy atom. The largest absolute Gasteiger partial charge is 0.0651 e. The summed E-state index contributed by atoms with van der Waals surface area (Å²) >= 11 is 0. The van der Waals surface area contributed by atoms with Crippen LogP contribution in [0.2, 0.25) is 0 Å². The highest BCUT2D eigenvalue weighted by Gasteiger charge is 2.30. The Bertz CT molecular complexity index is 389. The van der Waals surface area contributed by atoms with Crippen molar-refractivity contribution >= 4 is 0 Å². The van der Waals surface area contributed by atoms with Gasteiger partial charge >= 0.3 is 0 Å². The van der Waals surface area contributed by atoms with E-state index in [9.17, 15) is 0 Å². The van der Waals surface area contributed by atoms with Crippen LogP contribution < -0.4 is 0 Å². The van der Waals surface area contributed by atoms with Gasteiger partial charge in [0, 0.05) is 0 Å². The molecule has 0 spiro atoms. The smallest absolute Gasteiger partial charge is 0.0162 e. The predicted molar refractivity (Wildman–Crippen MR) is 84.6 cm³/mol. The van der Waals surface area contributed by atoms with Crippen molar-refractivity contribution < 1.29 is 0 Å². The second-order valence-corrected chi connectivity index (χ2v) is 7.41. The first-order chi connectivity index (χ1) is 9.00. The number of aryl methyl sites for hydroxylation is 1. The van der Waals surface area contributed by atoms with Gasteiger partial charge in [-0.1, -0.05) is 58.4 Å².